The van der Waals surface area contributed by atoms with E-state index in [2.05, 4.69) is 33.8 Å². The Kier molecular flexibility index (Phi) is 18.7. The molecule has 0 aliphatic heterocycles. The molecule has 1 aromatic carbocycles. The first-order valence-electron chi connectivity index (χ1n) is 15.8. The van der Waals surface area contributed by atoms with Gasteiger partial charge in [0, 0.05) is 19.1 Å². The Morgan fingerprint density at radius 2 is 1.36 bits per heavy atom. The Balaban J connectivity index is 0.00000882. The number of pyridine rings is 1. The summed E-state index contributed by atoms with van der Waals surface area (Å²) < 4.78 is 13.7. The normalized spacial score (nSPS) is 11.1. The Morgan fingerprint density at radius 3 is 1.88 bits per heavy atom. The maximum Gasteiger partial charge on any atom is 0.417 e. The number of amides is 2. The van der Waals surface area contributed by atoms with Crippen LogP contribution in [-0.4, -0.2) is 23.5 Å². The van der Waals surface area contributed by atoms with Crippen molar-refractivity contribution >= 4 is 12.0 Å². The average Bonchev–Trinajstić information content (AvgIpc) is 2.93. The molecular weight excluding hydrogens is 639 g/mol. The van der Waals surface area contributed by atoms with Crippen LogP contribution in [0.25, 0.3) is 0 Å². The number of rotatable bonds is 18. The minimum atomic E-state index is -0.643. The van der Waals surface area contributed by atoms with Crippen molar-refractivity contribution in [2.45, 2.75) is 130 Å². The van der Waals surface area contributed by atoms with Gasteiger partial charge in [-0.2, -0.15) is 0 Å². The molecule has 42 heavy (non-hydrogen) atoms. The van der Waals surface area contributed by atoms with Crippen molar-refractivity contribution in [1.82, 2.24) is 4.90 Å². The fourth-order valence-corrected chi connectivity index (χ4v) is 4.85. The van der Waals surface area contributed by atoms with E-state index in [-0.39, 0.29) is 48.5 Å². The first-order valence-corrected chi connectivity index (χ1v) is 15.8. The van der Waals surface area contributed by atoms with E-state index in [0.29, 0.717) is 6.61 Å². The van der Waals surface area contributed by atoms with Gasteiger partial charge in [0.15, 0.2) is 12.4 Å². The van der Waals surface area contributed by atoms with E-state index < -0.39 is 6.09 Å². The van der Waals surface area contributed by atoms with Crippen molar-refractivity contribution in [3.05, 3.63) is 59.4 Å². The van der Waals surface area contributed by atoms with E-state index in [1.807, 2.05) is 48.3 Å². The first kappa shape index (κ1) is 37.9. The van der Waals surface area contributed by atoms with Crippen LogP contribution in [-0.2, 0) is 35.1 Å². The van der Waals surface area contributed by atoms with Crippen molar-refractivity contribution in [1.29, 1.82) is 0 Å². The van der Waals surface area contributed by atoms with Crippen molar-refractivity contribution < 1.29 is 47.6 Å². The molecule has 0 bridgehead atoms. The summed E-state index contributed by atoms with van der Waals surface area (Å²) in [7, 11) is 1.92. The molecule has 0 N–H and O–H groups in total. The van der Waals surface area contributed by atoms with Crippen molar-refractivity contribution in [3.8, 4) is 5.75 Å². The van der Waals surface area contributed by atoms with Crippen LogP contribution in [0.3, 0.4) is 0 Å². The highest BCUT2D eigenvalue weighted by molar-refractivity contribution is 5.90. The summed E-state index contributed by atoms with van der Waals surface area (Å²) >= 11 is 0. The predicted octanol–water partition coefficient (Wildman–Crippen LogP) is 5.58. The van der Waals surface area contributed by atoms with Gasteiger partial charge < -0.3 is 33.5 Å². The molecular formula is C35H55IN2O4. The highest BCUT2D eigenvalue weighted by Crippen LogP contribution is 2.32. The van der Waals surface area contributed by atoms with Gasteiger partial charge in [-0.25, -0.2) is 14.3 Å². The van der Waals surface area contributed by atoms with E-state index in [4.69, 9.17) is 9.47 Å². The maximum absolute atomic E-state index is 12.8. The van der Waals surface area contributed by atoms with E-state index >= 15 is 0 Å². The summed E-state index contributed by atoms with van der Waals surface area (Å²) in [4.78, 5) is 26.1. The first-order chi connectivity index (χ1) is 19.6. The van der Waals surface area contributed by atoms with E-state index in [1.165, 1.54) is 77.6 Å². The minimum absolute atomic E-state index is 0. The fourth-order valence-electron chi connectivity index (χ4n) is 4.85. The molecule has 0 radical (unpaired) electrons. The molecule has 0 saturated heterocycles. The molecule has 2 aromatic rings. The zero-order valence-corrected chi connectivity index (χ0v) is 29.2. The lowest BCUT2D eigenvalue weighted by molar-refractivity contribution is -0.671. The molecule has 0 saturated carbocycles. The molecule has 0 unspecified atom stereocenters. The number of carbonyl (C=O) groups excluding carboxylic acids is 2. The van der Waals surface area contributed by atoms with Crippen LogP contribution in [0, 0.1) is 0 Å². The number of aryl methyl sites for hydroxylation is 1. The SMILES string of the molecule is CCCCCCCCCCCCCCOc1ccc(COC(=O)N(Cc2cc[n+](C)cc2)C(C)=O)cc1C(C)(C)C.[I-]. The molecule has 1 heterocycles. The molecule has 0 spiro atoms. The number of aromatic nitrogens is 1. The molecule has 236 valence electrons. The average molecular weight is 695 g/mol. The third kappa shape index (κ3) is 14.8. The van der Waals surface area contributed by atoms with Gasteiger partial charge >= 0.3 is 6.09 Å². The fraction of sp³-hybridized carbons (Fsp3) is 0.629. The van der Waals surface area contributed by atoms with Crippen LogP contribution in [0.5, 0.6) is 5.75 Å². The molecule has 6 nitrogen and oxygen atoms in total. The molecule has 7 heteroatoms. The van der Waals surface area contributed by atoms with Gasteiger partial charge in [-0.05, 0) is 40.7 Å². The van der Waals surface area contributed by atoms with Gasteiger partial charge in [0.05, 0.1) is 13.2 Å². The van der Waals surface area contributed by atoms with Crippen LogP contribution >= 0.6 is 0 Å². The Bertz CT molecular complexity index is 1050. The molecule has 0 aliphatic rings. The number of halogens is 1. The topological polar surface area (TPSA) is 59.7 Å². The second kappa shape index (κ2) is 20.7. The number of carbonyl (C=O) groups is 2. The summed E-state index contributed by atoms with van der Waals surface area (Å²) in [5, 5.41) is 0. The molecule has 2 rings (SSSR count). The van der Waals surface area contributed by atoms with Crippen LogP contribution < -0.4 is 33.3 Å². The third-order valence-electron chi connectivity index (χ3n) is 7.46. The number of nitrogens with zero attached hydrogens (tertiary/aromatic N) is 2. The van der Waals surface area contributed by atoms with Crippen molar-refractivity contribution in [2.24, 2.45) is 7.05 Å². The molecule has 0 atom stereocenters. The van der Waals surface area contributed by atoms with Gasteiger partial charge in [-0.3, -0.25) is 4.79 Å². The Morgan fingerprint density at radius 1 is 0.810 bits per heavy atom. The standard InChI is InChI=1S/C35H55N2O4.HI/c1-7-8-9-10-11-12-13-14-15-16-17-18-25-40-33-20-19-31(26-32(33)35(3,4)5)28-41-34(39)37(29(2)38)27-30-21-23-36(6)24-22-30;/h19-24,26H,7-18,25,27-28H2,1-6H3;1H/q+1;/p-1. The second-order valence-corrected chi connectivity index (χ2v) is 12.3. The summed E-state index contributed by atoms with van der Waals surface area (Å²) in [5.41, 5.74) is 2.70. The van der Waals surface area contributed by atoms with E-state index in [0.717, 1.165) is 33.8 Å². The van der Waals surface area contributed by atoms with Crippen LogP contribution in [0.2, 0.25) is 0 Å². The van der Waals surface area contributed by atoms with E-state index in [1.54, 1.807) is 0 Å². The predicted molar refractivity (Wildman–Crippen MR) is 166 cm³/mol. The van der Waals surface area contributed by atoms with Gasteiger partial charge in [0.1, 0.15) is 19.4 Å². The lowest BCUT2D eigenvalue weighted by atomic mass is 9.85. The van der Waals surface area contributed by atoms with Crippen molar-refractivity contribution in [3.63, 3.8) is 0 Å². The van der Waals surface area contributed by atoms with Gasteiger partial charge in [0.2, 0.25) is 5.91 Å². The maximum atomic E-state index is 12.8. The molecule has 1 aromatic heterocycles. The summed E-state index contributed by atoms with van der Waals surface area (Å²) in [6.45, 7) is 11.1. The molecule has 0 aliphatic carbocycles. The zero-order chi connectivity index (χ0) is 30.1. The highest BCUT2D eigenvalue weighted by atomic mass is 127. The molecule has 0 fully saturated rings. The summed E-state index contributed by atoms with van der Waals surface area (Å²) in [5.74, 6) is 0.540. The van der Waals surface area contributed by atoms with Crippen LogP contribution in [0.4, 0.5) is 4.79 Å². The number of imide groups is 1. The van der Waals surface area contributed by atoms with Gasteiger partial charge in [0.25, 0.3) is 0 Å². The Hall–Kier alpha value is -2.16. The minimum Gasteiger partial charge on any atom is -1.00 e. The largest absolute Gasteiger partial charge is 1.00 e. The Labute approximate surface area is 272 Å². The smallest absolute Gasteiger partial charge is 0.417 e. The summed E-state index contributed by atoms with van der Waals surface area (Å²) in [6.07, 6.45) is 19.0. The quantitative estimate of drug-likeness (QED) is 0.116. The van der Waals surface area contributed by atoms with Crippen LogP contribution in [0.1, 0.15) is 128 Å². The zero-order valence-electron chi connectivity index (χ0n) is 27.1. The van der Waals surface area contributed by atoms with Gasteiger partial charge in [-0.1, -0.05) is 104 Å². The number of hydrogen-bond donors (Lipinski definition) is 0. The highest BCUT2D eigenvalue weighted by Gasteiger charge is 2.22. The van der Waals surface area contributed by atoms with Gasteiger partial charge in [-0.15, -0.1) is 0 Å². The van der Waals surface area contributed by atoms with Crippen molar-refractivity contribution in [2.75, 3.05) is 6.61 Å². The lowest BCUT2D eigenvalue weighted by Gasteiger charge is -2.24. The van der Waals surface area contributed by atoms with Crippen LogP contribution in [0.15, 0.2) is 42.7 Å². The number of ether oxygens (including phenoxy) is 2. The molecule has 2 amide bonds. The number of benzene rings is 1. The monoisotopic (exact) mass is 694 g/mol. The third-order valence-corrected chi connectivity index (χ3v) is 7.46. The van der Waals surface area contributed by atoms with E-state index in [9.17, 15) is 9.59 Å². The lowest BCUT2D eigenvalue weighted by Crippen LogP contribution is -3.00. The summed E-state index contributed by atoms with van der Waals surface area (Å²) in [6, 6.07) is 9.75. The number of hydrogen-bond acceptors (Lipinski definition) is 4. The second-order valence-electron chi connectivity index (χ2n) is 12.3. The number of unbranched alkanes of at least 4 members (excludes halogenated alkanes) is 11.